The van der Waals surface area contributed by atoms with Gasteiger partial charge in [-0.2, -0.15) is 0 Å². The maximum Gasteiger partial charge on any atom is 0.0965 e. The third-order valence-corrected chi connectivity index (χ3v) is 4.42. The van der Waals surface area contributed by atoms with Crippen LogP contribution in [0.1, 0.15) is 31.4 Å². The Kier molecular flexibility index (Phi) is 4.83. The van der Waals surface area contributed by atoms with E-state index < -0.39 is 0 Å². The van der Waals surface area contributed by atoms with E-state index in [1.165, 1.54) is 5.56 Å². The Morgan fingerprint density at radius 2 is 2.24 bits per heavy atom. The fourth-order valence-electron chi connectivity index (χ4n) is 1.89. The minimum atomic E-state index is 0.382. The highest BCUT2D eigenvalue weighted by Gasteiger charge is 2.16. The summed E-state index contributed by atoms with van der Waals surface area (Å²) in [6.45, 7) is 3.95. The molecule has 4 heteroatoms. The Morgan fingerprint density at radius 3 is 2.94 bits per heavy atom. The number of ether oxygens (including phenoxy) is 1. The van der Waals surface area contributed by atoms with Crippen LogP contribution in [-0.4, -0.2) is 30.5 Å². The Hall–Kier alpha value is -0.580. The number of rotatable bonds is 4. The second-order valence-corrected chi connectivity index (χ2v) is 5.69. The zero-order chi connectivity index (χ0) is 12.1. The molecule has 0 radical (unpaired) electrons. The first-order valence-corrected chi connectivity index (χ1v) is 7.05. The van der Waals surface area contributed by atoms with Crippen LogP contribution >= 0.6 is 11.8 Å². The van der Waals surface area contributed by atoms with Gasteiger partial charge in [0.1, 0.15) is 0 Å². The first-order valence-electron chi connectivity index (χ1n) is 6.17. The zero-order valence-electron chi connectivity index (χ0n) is 10.5. The van der Waals surface area contributed by atoms with Gasteiger partial charge in [0.2, 0.25) is 0 Å². The Labute approximate surface area is 107 Å². The first-order chi connectivity index (χ1) is 8.29. The summed E-state index contributed by atoms with van der Waals surface area (Å²) < 4.78 is 5.37. The summed E-state index contributed by atoms with van der Waals surface area (Å²) in [5.41, 5.74) is 1.30. The predicted molar refractivity (Wildman–Crippen MR) is 71.4 cm³/mol. The summed E-state index contributed by atoms with van der Waals surface area (Å²) in [4.78, 5) is 4.44. The van der Waals surface area contributed by atoms with Crippen molar-refractivity contribution in [1.82, 2.24) is 10.3 Å². The smallest absolute Gasteiger partial charge is 0.0965 e. The fourth-order valence-corrected chi connectivity index (χ4v) is 2.99. The standard InChI is InChI=1S/C13H20N2OS/c1-10(14-2)11-3-6-15-13(9-11)17-12-4-7-16-8-5-12/h3,6,9-10,12,14H,4-5,7-8H2,1-2H3. The third kappa shape index (κ3) is 3.69. The van der Waals surface area contributed by atoms with E-state index in [1.54, 1.807) is 0 Å². The van der Waals surface area contributed by atoms with Crippen molar-refractivity contribution in [1.29, 1.82) is 0 Å². The molecule has 3 nitrogen and oxygen atoms in total. The average molecular weight is 252 g/mol. The molecule has 1 saturated heterocycles. The lowest BCUT2D eigenvalue weighted by molar-refractivity contribution is 0.1000. The Bertz CT molecular complexity index is 353. The van der Waals surface area contributed by atoms with Crippen molar-refractivity contribution in [3.05, 3.63) is 23.9 Å². The van der Waals surface area contributed by atoms with E-state index in [0.29, 0.717) is 11.3 Å². The number of nitrogens with one attached hydrogen (secondary N) is 1. The number of hydrogen-bond donors (Lipinski definition) is 1. The lowest BCUT2D eigenvalue weighted by Crippen LogP contribution is -2.17. The molecule has 1 fully saturated rings. The van der Waals surface area contributed by atoms with Gasteiger partial charge < -0.3 is 10.1 Å². The Balaban J connectivity index is 2.00. The van der Waals surface area contributed by atoms with Crippen molar-refractivity contribution in [2.45, 2.75) is 36.1 Å². The summed E-state index contributed by atoms with van der Waals surface area (Å²) in [5.74, 6) is 0. The van der Waals surface area contributed by atoms with Crippen LogP contribution in [0, 0.1) is 0 Å². The van der Waals surface area contributed by atoms with Gasteiger partial charge in [-0.05, 0) is 44.5 Å². The predicted octanol–water partition coefficient (Wildman–Crippen LogP) is 2.63. The van der Waals surface area contributed by atoms with Crippen molar-refractivity contribution >= 4 is 11.8 Å². The molecular formula is C13H20N2OS. The van der Waals surface area contributed by atoms with E-state index in [2.05, 4.69) is 29.4 Å². The van der Waals surface area contributed by atoms with Gasteiger partial charge in [-0.25, -0.2) is 4.98 Å². The van der Waals surface area contributed by atoms with Crippen LogP contribution in [0.4, 0.5) is 0 Å². The molecule has 1 aromatic heterocycles. The number of thioether (sulfide) groups is 1. The molecule has 0 saturated carbocycles. The lowest BCUT2D eigenvalue weighted by Gasteiger charge is -2.21. The van der Waals surface area contributed by atoms with Gasteiger partial charge in [0.05, 0.1) is 5.03 Å². The van der Waals surface area contributed by atoms with Crippen LogP contribution in [0.15, 0.2) is 23.4 Å². The molecule has 1 aliphatic heterocycles. The quantitative estimate of drug-likeness (QED) is 0.893. The minimum Gasteiger partial charge on any atom is -0.381 e. The van der Waals surface area contributed by atoms with E-state index in [1.807, 2.05) is 25.0 Å². The molecule has 2 rings (SSSR count). The summed E-state index contributed by atoms with van der Waals surface area (Å²) in [6, 6.07) is 4.66. The highest BCUT2D eigenvalue weighted by atomic mass is 32.2. The molecule has 17 heavy (non-hydrogen) atoms. The molecule has 1 atom stereocenters. The van der Waals surface area contributed by atoms with Crippen molar-refractivity contribution in [2.75, 3.05) is 20.3 Å². The van der Waals surface area contributed by atoms with Gasteiger partial charge in [-0.15, -0.1) is 11.8 Å². The van der Waals surface area contributed by atoms with Crippen molar-refractivity contribution in [3.63, 3.8) is 0 Å². The van der Waals surface area contributed by atoms with Gasteiger partial charge in [0.25, 0.3) is 0 Å². The van der Waals surface area contributed by atoms with E-state index in [4.69, 9.17) is 4.74 Å². The van der Waals surface area contributed by atoms with Gasteiger partial charge in [-0.1, -0.05) is 0 Å². The van der Waals surface area contributed by atoms with Crippen LogP contribution in [0.25, 0.3) is 0 Å². The van der Waals surface area contributed by atoms with Crippen LogP contribution in [0.3, 0.4) is 0 Å². The molecule has 0 aromatic carbocycles. The number of aromatic nitrogens is 1. The molecular weight excluding hydrogens is 232 g/mol. The van der Waals surface area contributed by atoms with Gasteiger partial charge in [-0.3, -0.25) is 0 Å². The SMILES string of the molecule is CNC(C)c1ccnc(SC2CCOCC2)c1. The van der Waals surface area contributed by atoms with Crippen LogP contribution in [0.5, 0.6) is 0 Å². The average Bonchev–Trinajstić information content (AvgIpc) is 2.39. The second-order valence-electron chi connectivity index (χ2n) is 4.37. The van der Waals surface area contributed by atoms with Crippen molar-refractivity contribution in [2.24, 2.45) is 0 Å². The molecule has 0 bridgehead atoms. The molecule has 1 aliphatic rings. The van der Waals surface area contributed by atoms with Crippen molar-refractivity contribution < 1.29 is 4.74 Å². The second kappa shape index (κ2) is 6.38. The molecule has 0 amide bonds. The van der Waals surface area contributed by atoms with Gasteiger partial charge in [0, 0.05) is 30.7 Å². The summed E-state index contributed by atoms with van der Waals surface area (Å²) >= 11 is 1.89. The maximum atomic E-state index is 5.37. The minimum absolute atomic E-state index is 0.382. The monoisotopic (exact) mass is 252 g/mol. The number of hydrogen-bond acceptors (Lipinski definition) is 4. The van der Waals surface area contributed by atoms with Gasteiger partial charge in [0.15, 0.2) is 0 Å². The van der Waals surface area contributed by atoms with E-state index in [9.17, 15) is 0 Å². The largest absolute Gasteiger partial charge is 0.381 e. The van der Waals surface area contributed by atoms with Crippen molar-refractivity contribution in [3.8, 4) is 0 Å². The van der Waals surface area contributed by atoms with Gasteiger partial charge >= 0.3 is 0 Å². The molecule has 2 heterocycles. The maximum absolute atomic E-state index is 5.37. The molecule has 1 aromatic rings. The lowest BCUT2D eigenvalue weighted by atomic mass is 10.1. The molecule has 0 spiro atoms. The zero-order valence-corrected chi connectivity index (χ0v) is 11.3. The van der Waals surface area contributed by atoms with E-state index >= 15 is 0 Å². The third-order valence-electron chi connectivity index (χ3n) is 3.15. The molecule has 94 valence electrons. The fraction of sp³-hybridized carbons (Fsp3) is 0.615. The number of nitrogens with zero attached hydrogens (tertiary/aromatic N) is 1. The molecule has 0 aliphatic carbocycles. The van der Waals surface area contributed by atoms with E-state index in [-0.39, 0.29) is 0 Å². The summed E-state index contributed by atoms with van der Waals surface area (Å²) in [7, 11) is 1.98. The van der Waals surface area contributed by atoms with Crippen LogP contribution in [0.2, 0.25) is 0 Å². The van der Waals surface area contributed by atoms with E-state index in [0.717, 1.165) is 31.1 Å². The Morgan fingerprint density at radius 1 is 1.47 bits per heavy atom. The normalized spacial score (nSPS) is 19.2. The molecule has 1 N–H and O–H groups in total. The molecule has 1 unspecified atom stereocenters. The topological polar surface area (TPSA) is 34.2 Å². The highest BCUT2D eigenvalue weighted by molar-refractivity contribution is 7.99. The van der Waals surface area contributed by atoms with Crippen LogP contribution in [-0.2, 0) is 4.74 Å². The summed E-state index contributed by atoms with van der Waals surface area (Å²) in [6.07, 6.45) is 4.18. The summed E-state index contributed by atoms with van der Waals surface area (Å²) in [5, 5.41) is 5.05. The number of pyridine rings is 1. The highest BCUT2D eigenvalue weighted by Crippen LogP contribution is 2.29. The first kappa shape index (κ1) is 12.9. The van der Waals surface area contributed by atoms with Crippen LogP contribution < -0.4 is 5.32 Å².